The molecule has 6 nitrogen and oxygen atoms in total. The molecule has 0 bridgehead atoms. The first-order valence-corrected chi connectivity index (χ1v) is 7.02. The zero-order valence-corrected chi connectivity index (χ0v) is 9.12. The van der Waals surface area contributed by atoms with Crippen molar-refractivity contribution in [1.29, 1.82) is 0 Å². The summed E-state index contributed by atoms with van der Waals surface area (Å²) >= 11 is -5.02. The average Bonchev–Trinajstić information content (AvgIpc) is 2.02. The number of hydrogen-bond donors (Lipinski definition) is 2. The molecule has 0 amide bonds. The molecule has 1 aromatic carbocycles. The van der Waals surface area contributed by atoms with Crippen LogP contribution in [-0.4, -0.2) is 27.3 Å². The van der Waals surface area contributed by atoms with Gasteiger partial charge in [-0.3, -0.25) is 0 Å². The van der Waals surface area contributed by atoms with Crippen molar-refractivity contribution in [2.24, 2.45) is 0 Å². The van der Waals surface area contributed by atoms with Crippen LogP contribution in [0.4, 0.5) is 5.69 Å². The van der Waals surface area contributed by atoms with Gasteiger partial charge in [-0.05, 0) is 0 Å². The van der Waals surface area contributed by atoms with Crippen molar-refractivity contribution in [2.75, 3.05) is 0 Å². The quantitative estimate of drug-likeness (QED) is 0.423. The van der Waals surface area contributed by atoms with Crippen LogP contribution in [0.15, 0.2) is 18.2 Å². The Bertz CT molecular complexity index is 424. The van der Waals surface area contributed by atoms with Crippen molar-refractivity contribution in [3.8, 4) is 0 Å². The second kappa shape index (κ2) is 3.57. The Labute approximate surface area is 82.3 Å². The number of rotatable bonds is 2. The first-order chi connectivity index (χ1) is 6.32. The molecule has 7 heteroatoms. The van der Waals surface area contributed by atoms with E-state index in [0.29, 0.717) is 5.56 Å². The number of benzene rings is 1. The first kappa shape index (κ1) is 11.0. The molecule has 1 rings (SSSR count). The molecule has 76 valence electrons. The Hall–Kier alpha value is -1.10. The molecule has 0 saturated carbocycles. The van der Waals surface area contributed by atoms with Crippen LogP contribution in [0, 0.1) is 17.0 Å². The van der Waals surface area contributed by atoms with Crippen LogP contribution in [0.1, 0.15) is 5.56 Å². The van der Waals surface area contributed by atoms with Gasteiger partial charge >= 0.3 is 81.9 Å². The number of aryl methyl sites for hydroxylation is 1. The predicted molar refractivity (Wildman–Crippen MR) is 48.3 cm³/mol. The topological polar surface area (TPSA) is 101 Å². The molecule has 0 unspecified atom stereocenters. The van der Waals surface area contributed by atoms with E-state index >= 15 is 0 Å². The molecule has 0 heterocycles. The maximum absolute atomic E-state index is 10.9. The molecular formula is C7H8AsNO5. The van der Waals surface area contributed by atoms with Crippen LogP contribution in [0.25, 0.3) is 0 Å². The number of nitro groups is 1. The van der Waals surface area contributed by atoms with Gasteiger partial charge in [0, 0.05) is 0 Å². The molecule has 1 aromatic rings. The standard InChI is InChI=1S/C7H8AsNO5/c1-5-2-3-6(8(10,11)12)4-7(5)9(13)14/h2-4H,1H3,(H2,10,11,12). The minimum atomic E-state index is -5.02. The van der Waals surface area contributed by atoms with Gasteiger partial charge < -0.3 is 0 Å². The Morgan fingerprint density at radius 3 is 2.43 bits per heavy atom. The van der Waals surface area contributed by atoms with Crippen LogP contribution in [0.2, 0.25) is 0 Å². The molecular weight excluding hydrogens is 253 g/mol. The monoisotopic (exact) mass is 261 g/mol. The fraction of sp³-hybridized carbons (Fsp3) is 0.143. The SMILES string of the molecule is Cc1ccc([As](=O)(O)O)cc1[N+](=O)[O-]. The van der Waals surface area contributed by atoms with E-state index in [1.165, 1.54) is 19.1 Å². The Kier molecular flexibility index (Phi) is 2.80. The third-order valence-electron chi connectivity index (χ3n) is 1.73. The molecule has 0 aliphatic carbocycles. The Balaban J connectivity index is 3.34. The number of hydrogen-bond acceptors (Lipinski definition) is 3. The fourth-order valence-corrected chi connectivity index (χ4v) is 2.15. The summed E-state index contributed by atoms with van der Waals surface area (Å²) in [5, 5.41) is 10.5. The van der Waals surface area contributed by atoms with Crippen molar-refractivity contribution in [3.05, 3.63) is 33.9 Å². The van der Waals surface area contributed by atoms with Gasteiger partial charge in [0.2, 0.25) is 0 Å². The van der Waals surface area contributed by atoms with Crippen molar-refractivity contribution in [1.82, 2.24) is 0 Å². The summed E-state index contributed by atoms with van der Waals surface area (Å²) in [4.78, 5) is 9.80. The van der Waals surface area contributed by atoms with E-state index in [4.69, 9.17) is 8.19 Å². The van der Waals surface area contributed by atoms with Gasteiger partial charge in [0.15, 0.2) is 0 Å². The summed E-state index contributed by atoms with van der Waals surface area (Å²) in [6.45, 7) is 1.51. The van der Waals surface area contributed by atoms with Gasteiger partial charge in [0.25, 0.3) is 0 Å². The summed E-state index contributed by atoms with van der Waals surface area (Å²) in [7, 11) is 0. The Morgan fingerprint density at radius 1 is 1.43 bits per heavy atom. The van der Waals surface area contributed by atoms with Gasteiger partial charge in [-0.1, -0.05) is 0 Å². The first-order valence-electron chi connectivity index (χ1n) is 3.63. The second-order valence-electron chi connectivity index (χ2n) is 2.77. The van der Waals surface area contributed by atoms with Gasteiger partial charge in [-0.2, -0.15) is 0 Å². The zero-order valence-electron chi connectivity index (χ0n) is 7.25. The van der Waals surface area contributed by atoms with Crippen molar-refractivity contribution < 1.29 is 16.9 Å². The summed E-state index contributed by atoms with van der Waals surface area (Å²) in [5.41, 5.74) is 0.106. The fourth-order valence-electron chi connectivity index (χ4n) is 0.976. The van der Waals surface area contributed by atoms with Gasteiger partial charge in [-0.15, -0.1) is 0 Å². The van der Waals surface area contributed by atoms with Crippen molar-refractivity contribution in [3.63, 3.8) is 0 Å². The molecule has 0 saturated heterocycles. The molecule has 0 spiro atoms. The molecule has 0 atom stereocenters. The molecule has 14 heavy (non-hydrogen) atoms. The molecule has 0 aliphatic rings. The molecule has 0 aliphatic heterocycles. The van der Waals surface area contributed by atoms with Crippen LogP contribution in [0.5, 0.6) is 0 Å². The minimum absolute atomic E-state index is 0.271. The van der Waals surface area contributed by atoms with Crippen LogP contribution in [0.3, 0.4) is 0 Å². The van der Waals surface area contributed by atoms with E-state index in [2.05, 4.69) is 0 Å². The van der Waals surface area contributed by atoms with Crippen molar-refractivity contribution in [2.45, 2.75) is 6.92 Å². The van der Waals surface area contributed by atoms with E-state index in [-0.39, 0.29) is 10.0 Å². The van der Waals surface area contributed by atoms with E-state index in [1.807, 2.05) is 0 Å². The van der Waals surface area contributed by atoms with E-state index < -0.39 is 19.1 Å². The van der Waals surface area contributed by atoms with Crippen LogP contribution >= 0.6 is 0 Å². The summed E-state index contributed by atoms with van der Waals surface area (Å²) in [6, 6.07) is 3.46. The van der Waals surface area contributed by atoms with E-state index in [9.17, 15) is 13.9 Å². The summed E-state index contributed by atoms with van der Waals surface area (Å²) in [5.74, 6) is 0. The second-order valence-corrected chi connectivity index (χ2v) is 6.14. The van der Waals surface area contributed by atoms with Crippen LogP contribution < -0.4 is 4.35 Å². The molecule has 0 aromatic heterocycles. The van der Waals surface area contributed by atoms with E-state index in [0.717, 1.165) is 6.07 Å². The zero-order chi connectivity index (χ0) is 10.9. The van der Waals surface area contributed by atoms with Gasteiger partial charge in [0.05, 0.1) is 0 Å². The maximum atomic E-state index is 10.9. The molecule has 0 fully saturated rings. The number of nitrogens with zero attached hydrogens (tertiary/aromatic N) is 1. The summed E-state index contributed by atoms with van der Waals surface area (Å²) in [6.07, 6.45) is 0. The summed E-state index contributed by atoms with van der Waals surface area (Å²) < 4.78 is 28.2. The van der Waals surface area contributed by atoms with E-state index in [1.54, 1.807) is 0 Å². The Morgan fingerprint density at radius 2 is 2.00 bits per heavy atom. The normalized spacial score (nSPS) is 11.4. The number of nitro benzene ring substituents is 1. The third-order valence-corrected chi connectivity index (χ3v) is 3.72. The van der Waals surface area contributed by atoms with Gasteiger partial charge in [-0.25, -0.2) is 0 Å². The average molecular weight is 261 g/mol. The third kappa shape index (κ3) is 2.23. The molecule has 2 N–H and O–H groups in total. The van der Waals surface area contributed by atoms with Gasteiger partial charge in [0.1, 0.15) is 0 Å². The predicted octanol–water partition coefficient (Wildman–Crippen LogP) is -0.536. The van der Waals surface area contributed by atoms with Crippen LogP contribution in [-0.2, 0) is 3.74 Å². The molecule has 0 radical (unpaired) electrons. The van der Waals surface area contributed by atoms with Crippen molar-refractivity contribution >= 4 is 24.2 Å².